The Morgan fingerprint density at radius 1 is 1.00 bits per heavy atom. The van der Waals surface area contributed by atoms with Crippen LogP contribution < -0.4 is 15.4 Å². The fourth-order valence-electron chi connectivity index (χ4n) is 3.61. The van der Waals surface area contributed by atoms with Crippen molar-refractivity contribution in [3.63, 3.8) is 0 Å². The molecule has 180 valence electrons. The normalized spacial score (nSPS) is 11.7. The van der Waals surface area contributed by atoms with E-state index in [4.69, 9.17) is 4.74 Å². The van der Waals surface area contributed by atoms with Gasteiger partial charge in [0.1, 0.15) is 5.75 Å². The van der Waals surface area contributed by atoms with Crippen LogP contribution in [-0.4, -0.2) is 27.9 Å². The predicted octanol–water partition coefficient (Wildman–Crippen LogP) is 6.07. The van der Waals surface area contributed by atoms with Crippen LogP contribution in [0.3, 0.4) is 0 Å². The van der Waals surface area contributed by atoms with E-state index < -0.39 is 0 Å². The van der Waals surface area contributed by atoms with Gasteiger partial charge < -0.3 is 15.4 Å². The Hall–Kier alpha value is -3.78. The van der Waals surface area contributed by atoms with E-state index in [1.165, 1.54) is 16.7 Å². The minimum absolute atomic E-state index is 0.324. The Morgan fingerprint density at radius 2 is 1.71 bits per heavy atom. The van der Waals surface area contributed by atoms with Gasteiger partial charge in [-0.05, 0) is 68.3 Å². The maximum absolute atomic E-state index is 12.7. The third-order valence-corrected chi connectivity index (χ3v) is 6.63. The molecule has 4 aromatic rings. The number of benzene rings is 3. The summed E-state index contributed by atoms with van der Waals surface area (Å²) in [6.07, 6.45) is 0. The van der Waals surface area contributed by atoms with Crippen molar-refractivity contribution in [2.24, 2.45) is 0 Å². The number of aromatic nitrogens is 3. The molecule has 2 amide bonds. The second kappa shape index (κ2) is 11.1. The summed E-state index contributed by atoms with van der Waals surface area (Å²) in [7, 11) is 1.61. The summed E-state index contributed by atoms with van der Waals surface area (Å²) >= 11 is 1.63. The first-order chi connectivity index (χ1) is 16.9. The van der Waals surface area contributed by atoms with Gasteiger partial charge in [-0.2, -0.15) is 0 Å². The average molecular weight is 488 g/mol. The number of hydrogen-bond donors (Lipinski definition) is 2. The molecule has 0 aliphatic rings. The highest BCUT2D eigenvalue weighted by Gasteiger charge is 2.21. The average Bonchev–Trinajstić information content (AvgIpc) is 3.28. The van der Waals surface area contributed by atoms with E-state index in [0.717, 1.165) is 22.3 Å². The van der Waals surface area contributed by atoms with Gasteiger partial charge in [-0.15, -0.1) is 10.2 Å². The van der Waals surface area contributed by atoms with Crippen LogP contribution in [0.1, 0.15) is 35.5 Å². The van der Waals surface area contributed by atoms with E-state index in [0.29, 0.717) is 11.5 Å². The van der Waals surface area contributed by atoms with Crippen molar-refractivity contribution in [2.45, 2.75) is 37.7 Å². The first-order valence-electron chi connectivity index (χ1n) is 11.4. The van der Waals surface area contributed by atoms with Crippen molar-refractivity contribution in [1.29, 1.82) is 0 Å². The molecule has 7 nitrogen and oxygen atoms in total. The number of ether oxygens (including phenoxy) is 1. The van der Waals surface area contributed by atoms with E-state index in [1.807, 2.05) is 35.8 Å². The first kappa shape index (κ1) is 24.3. The molecule has 1 heterocycles. The number of methoxy groups -OCH3 is 1. The van der Waals surface area contributed by atoms with Gasteiger partial charge in [0.2, 0.25) is 0 Å². The van der Waals surface area contributed by atoms with Crippen LogP contribution in [0.25, 0.3) is 5.69 Å². The van der Waals surface area contributed by atoms with Crippen molar-refractivity contribution in [2.75, 3.05) is 12.4 Å². The van der Waals surface area contributed by atoms with Crippen LogP contribution >= 0.6 is 11.8 Å². The molecule has 1 atom stereocenters. The largest absolute Gasteiger partial charge is 0.497 e. The highest BCUT2D eigenvalue weighted by Crippen LogP contribution is 2.28. The zero-order valence-corrected chi connectivity index (χ0v) is 21.1. The Bertz CT molecular complexity index is 1290. The first-order valence-corrected chi connectivity index (χ1v) is 12.3. The molecule has 0 saturated heterocycles. The standard InChI is InChI=1S/C27H29N5O2S/c1-18-9-13-23(14-10-18)32-25(30-31-27(32)35-17-21-8-6-5-7-19(21)2)20(3)28-26(33)29-22-11-15-24(34-4)16-12-22/h5-16,20H,17H2,1-4H3,(H2,28,29,33). The lowest BCUT2D eigenvalue weighted by Crippen LogP contribution is -2.32. The second-order valence-corrected chi connectivity index (χ2v) is 9.22. The number of carbonyl (C=O) groups is 1. The minimum Gasteiger partial charge on any atom is -0.497 e. The molecule has 4 rings (SSSR count). The SMILES string of the molecule is COc1ccc(NC(=O)NC(C)c2nnc(SCc3ccccc3C)n2-c2ccc(C)cc2)cc1. The third kappa shape index (κ3) is 6.02. The van der Waals surface area contributed by atoms with Gasteiger partial charge >= 0.3 is 6.03 Å². The van der Waals surface area contributed by atoms with Gasteiger partial charge in [0.15, 0.2) is 11.0 Å². The zero-order chi connectivity index (χ0) is 24.8. The van der Waals surface area contributed by atoms with Crippen LogP contribution in [0.15, 0.2) is 78.0 Å². The fraction of sp³-hybridized carbons (Fsp3) is 0.222. The Labute approximate surface area is 209 Å². The maximum Gasteiger partial charge on any atom is 0.319 e. The number of hydrogen-bond acceptors (Lipinski definition) is 5. The van der Waals surface area contributed by atoms with Gasteiger partial charge in [0.05, 0.1) is 13.2 Å². The van der Waals surface area contributed by atoms with Crippen LogP contribution in [0, 0.1) is 13.8 Å². The summed E-state index contributed by atoms with van der Waals surface area (Å²) in [5.41, 5.74) is 5.29. The second-order valence-electron chi connectivity index (χ2n) is 8.28. The number of anilines is 1. The molecule has 0 bridgehead atoms. The molecule has 0 spiro atoms. The van der Waals surface area contributed by atoms with Crippen LogP contribution in [0.2, 0.25) is 0 Å². The number of aryl methyl sites for hydroxylation is 2. The molecule has 1 unspecified atom stereocenters. The molecule has 2 N–H and O–H groups in total. The van der Waals surface area contributed by atoms with E-state index in [2.05, 4.69) is 58.9 Å². The number of urea groups is 1. The minimum atomic E-state index is -0.380. The Balaban J connectivity index is 1.55. The predicted molar refractivity (Wildman–Crippen MR) is 140 cm³/mol. The van der Waals surface area contributed by atoms with E-state index in [9.17, 15) is 4.79 Å². The summed E-state index contributed by atoms with van der Waals surface area (Å²) in [4.78, 5) is 12.7. The summed E-state index contributed by atoms with van der Waals surface area (Å²) in [5, 5.41) is 15.6. The smallest absolute Gasteiger partial charge is 0.319 e. The summed E-state index contributed by atoms with van der Waals surface area (Å²) in [6.45, 7) is 6.07. The van der Waals surface area contributed by atoms with Crippen LogP contribution in [0.4, 0.5) is 10.5 Å². The molecule has 3 aromatic carbocycles. The number of carbonyl (C=O) groups excluding carboxylic acids is 1. The summed E-state index contributed by atoms with van der Waals surface area (Å²) < 4.78 is 7.18. The molecule has 8 heteroatoms. The van der Waals surface area contributed by atoms with Crippen molar-refractivity contribution in [1.82, 2.24) is 20.1 Å². The molecular weight excluding hydrogens is 458 g/mol. The number of amides is 2. The fourth-order valence-corrected chi connectivity index (χ4v) is 4.64. The highest BCUT2D eigenvalue weighted by atomic mass is 32.2. The Morgan fingerprint density at radius 3 is 2.40 bits per heavy atom. The molecule has 35 heavy (non-hydrogen) atoms. The highest BCUT2D eigenvalue weighted by molar-refractivity contribution is 7.98. The van der Waals surface area contributed by atoms with E-state index >= 15 is 0 Å². The van der Waals surface area contributed by atoms with Crippen molar-refractivity contribution >= 4 is 23.5 Å². The number of thioether (sulfide) groups is 1. The van der Waals surface area contributed by atoms with E-state index in [1.54, 1.807) is 43.1 Å². The van der Waals surface area contributed by atoms with Crippen molar-refractivity contribution in [3.05, 3.63) is 95.3 Å². The molecule has 1 aromatic heterocycles. The van der Waals surface area contributed by atoms with Gasteiger partial charge in [0.25, 0.3) is 0 Å². The van der Waals surface area contributed by atoms with Crippen molar-refractivity contribution in [3.8, 4) is 11.4 Å². The molecular formula is C27H29N5O2S. The lowest BCUT2D eigenvalue weighted by molar-refractivity contribution is 0.249. The molecule has 0 aliphatic carbocycles. The topological polar surface area (TPSA) is 81.1 Å². The Kier molecular flexibility index (Phi) is 7.72. The molecule has 0 aliphatic heterocycles. The quantitative estimate of drug-likeness (QED) is 0.295. The van der Waals surface area contributed by atoms with Crippen molar-refractivity contribution < 1.29 is 9.53 Å². The number of nitrogens with one attached hydrogen (secondary N) is 2. The molecule has 0 saturated carbocycles. The summed E-state index contributed by atoms with van der Waals surface area (Å²) in [6, 6.07) is 23.0. The van der Waals surface area contributed by atoms with Gasteiger partial charge in [-0.3, -0.25) is 4.57 Å². The van der Waals surface area contributed by atoms with Gasteiger partial charge in [0, 0.05) is 17.1 Å². The van der Waals surface area contributed by atoms with E-state index in [-0.39, 0.29) is 12.1 Å². The summed E-state index contributed by atoms with van der Waals surface area (Å²) in [5.74, 6) is 2.16. The monoisotopic (exact) mass is 487 g/mol. The van der Waals surface area contributed by atoms with Gasteiger partial charge in [-0.1, -0.05) is 53.7 Å². The lowest BCUT2D eigenvalue weighted by Gasteiger charge is -2.17. The third-order valence-electron chi connectivity index (χ3n) is 5.65. The molecule has 0 radical (unpaired) electrons. The van der Waals surface area contributed by atoms with Crippen LogP contribution in [-0.2, 0) is 5.75 Å². The lowest BCUT2D eigenvalue weighted by atomic mass is 10.1. The van der Waals surface area contributed by atoms with Gasteiger partial charge in [-0.25, -0.2) is 4.79 Å². The zero-order valence-electron chi connectivity index (χ0n) is 20.3. The van der Waals surface area contributed by atoms with Crippen LogP contribution in [0.5, 0.6) is 5.75 Å². The maximum atomic E-state index is 12.7. The molecule has 0 fully saturated rings. The number of rotatable bonds is 8. The number of nitrogens with zero attached hydrogens (tertiary/aromatic N) is 3.